The van der Waals surface area contributed by atoms with Crippen LogP contribution in [0.2, 0.25) is 0 Å². The molecule has 0 unspecified atom stereocenters. The maximum absolute atomic E-state index is 12.9. The molecule has 33 heavy (non-hydrogen) atoms. The van der Waals surface area contributed by atoms with Gasteiger partial charge in [0.25, 0.3) is 0 Å². The Morgan fingerprint density at radius 1 is 0.758 bits per heavy atom. The largest absolute Gasteiger partial charge is 0.497 e. The second kappa shape index (κ2) is 10.2. The van der Waals surface area contributed by atoms with Gasteiger partial charge >= 0.3 is 11.9 Å². The molecule has 2 aromatic carbocycles. The van der Waals surface area contributed by atoms with Crippen molar-refractivity contribution in [1.82, 2.24) is 0 Å². The van der Waals surface area contributed by atoms with E-state index in [2.05, 4.69) is 0 Å². The molecule has 2 aromatic rings. The molecular formula is C24H26O9. The van der Waals surface area contributed by atoms with Crippen LogP contribution in [0.25, 0.3) is 5.76 Å². The van der Waals surface area contributed by atoms with Crippen molar-refractivity contribution in [2.75, 3.05) is 42.7 Å². The molecule has 1 heterocycles. The normalized spacial score (nSPS) is 17.2. The van der Waals surface area contributed by atoms with Crippen LogP contribution >= 0.6 is 0 Å². The molecule has 0 aromatic heterocycles. The third-order valence-electron chi connectivity index (χ3n) is 5.36. The Bertz CT molecular complexity index is 1070. The van der Waals surface area contributed by atoms with Gasteiger partial charge < -0.3 is 33.2 Å². The maximum atomic E-state index is 12.9. The lowest BCUT2D eigenvalue weighted by Crippen LogP contribution is -2.26. The average Bonchev–Trinajstić information content (AvgIpc) is 3.27. The summed E-state index contributed by atoms with van der Waals surface area (Å²) in [5.74, 6) is -0.406. The summed E-state index contributed by atoms with van der Waals surface area (Å²) in [6.07, 6.45) is -0.921. The Morgan fingerprint density at radius 3 is 2.03 bits per heavy atom. The van der Waals surface area contributed by atoms with Crippen molar-refractivity contribution in [3.63, 3.8) is 0 Å². The highest BCUT2D eigenvalue weighted by Gasteiger charge is 2.48. The molecule has 3 rings (SSSR count). The number of hydrogen-bond acceptors (Lipinski definition) is 9. The predicted octanol–water partition coefficient (Wildman–Crippen LogP) is 3.17. The van der Waals surface area contributed by atoms with Gasteiger partial charge in [-0.1, -0.05) is 0 Å². The Kier molecular flexibility index (Phi) is 7.32. The van der Waals surface area contributed by atoms with Crippen LogP contribution in [-0.4, -0.2) is 54.6 Å². The van der Waals surface area contributed by atoms with Crippen molar-refractivity contribution in [2.24, 2.45) is 5.92 Å². The molecule has 0 bridgehead atoms. The van der Waals surface area contributed by atoms with Gasteiger partial charge in [0, 0.05) is 17.2 Å². The van der Waals surface area contributed by atoms with Crippen LogP contribution in [0.15, 0.2) is 42.0 Å². The molecule has 1 aliphatic rings. The standard InChI is InChI=1S/C24H26O9/c1-27-14-8-9-15(17(12-14)29-3)22-20(24(26)32-6)19(23(25)31-5)21(33-22)13-7-10-16(28-2)18(11-13)30-4/h7-12,20,22H,1-6H3/t20-,22+/m1/s1. The van der Waals surface area contributed by atoms with E-state index < -0.39 is 24.0 Å². The highest BCUT2D eigenvalue weighted by molar-refractivity contribution is 6.03. The fourth-order valence-corrected chi connectivity index (χ4v) is 3.75. The number of hydrogen-bond donors (Lipinski definition) is 0. The van der Waals surface area contributed by atoms with Crippen molar-refractivity contribution in [1.29, 1.82) is 0 Å². The predicted molar refractivity (Wildman–Crippen MR) is 117 cm³/mol. The highest BCUT2D eigenvalue weighted by Crippen LogP contribution is 2.49. The monoisotopic (exact) mass is 458 g/mol. The first-order valence-corrected chi connectivity index (χ1v) is 9.95. The van der Waals surface area contributed by atoms with E-state index in [0.29, 0.717) is 34.1 Å². The Balaban J connectivity index is 2.21. The minimum absolute atomic E-state index is 0.0273. The van der Waals surface area contributed by atoms with Crippen molar-refractivity contribution in [2.45, 2.75) is 6.10 Å². The lowest BCUT2D eigenvalue weighted by atomic mass is 9.89. The van der Waals surface area contributed by atoms with Gasteiger partial charge in [0.1, 0.15) is 29.3 Å². The zero-order valence-corrected chi connectivity index (χ0v) is 19.3. The third kappa shape index (κ3) is 4.39. The number of carbonyl (C=O) groups excluding carboxylic acids is 2. The molecule has 0 radical (unpaired) electrons. The topological polar surface area (TPSA) is 98.8 Å². The van der Waals surface area contributed by atoms with E-state index >= 15 is 0 Å². The molecule has 0 saturated heterocycles. The second-order valence-corrected chi connectivity index (χ2v) is 6.95. The van der Waals surface area contributed by atoms with Crippen LogP contribution in [0.1, 0.15) is 17.2 Å². The maximum Gasteiger partial charge on any atom is 0.338 e. The highest BCUT2D eigenvalue weighted by atomic mass is 16.5. The summed E-state index contributed by atoms with van der Waals surface area (Å²) in [7, 11) is 8.51. The first kappa shape index (κ1) is 23.8. The zero-order chi connectivity index (χ0) is 24.1. The van der Waals surface area contributed by atoms with Gasteiger partial charge in [-0.15, -0.1) is 0 Å². The van der Waals surface area contributed by atoms with Gasteiger partial charge in [-0.05, 0) is 30.3 Å². The van der Waals surface area contributed by atoms with Gasteiger partial charge in [0.2, 0.25) is 0 Å². The first-order chi connectivity index (χ1) is 15.9. The van der Waals surface area contributed by atoms with Crippen LogP contribution in [-0.2, 0) is 23.8 Å². The lowest BCUT2D eigenvalue weighted by molar-refractivity contribution is -0.149. The Morgan fingerprint density at radius 2 is 1.45 bits per heavy atom. The second-order valence-electron chi connectivity index (χ2n) is 6.95. The summed E-state index contributed by atoms with van der Waals surface area (Å²) in [6, 6.07) is 10.1. The zero-order valence-electron chi connectivity index (χ0n) is 19.3. The molecule has 176 valence electrons. The molecule has 0 spiro atoms. The van der Waals surface area contributed by atoms with Crippen molar-refractivity contribution in [3.05, 3.63) is 53.1 Å². The van der Waals surface area contributed by atoms with Crippen LogP contribution in [0.3, 0.4) is 0 Å². The third-order valence-corrected chi connectivity index (χ3v) is 5.36. The minimum atomic E-state index is -1.10. The number of methoxy groups -OCH3 is 6. The summed E-state index contributed by atoms with van der Waals surface area (Å²) in [5.41, 5.74) is 1.06. The molecule has 0 amide bonds. The molecule has 9 nitrogen and oxygen atoms in total. The molecule has 2 atom stereocenters. The molecular weight excluding hydrogens is 432 g/mol. The molecule has 1 aliphatic heterocycles. The van der Waals surface area contributed by atoms with Crippen LogP contribution in [0, 0.1) is 5.92 Å². The fourth-order valence-electron chi connectivity index (χ4n) is 3.75. The van der Waals surface area contributed by atoms with Crippen LogP contribution in [0.5, 0.6) is 23.0 Å². The lowest BCUT2D eigenvalue weighted by Gasteiger charge is -2.21. The summed E-state index contributed by atoms with van der Waals surface area (Å²) >= 11 is 0. The fraction of sp³-hybridized carbons (Fsp3) is 0.333. The number of carbonyl (C=O) groups is 2. The van der Waals surface area contributed by atoms with Gasteiger partial charge in [-0.3, -0.25) is 4.79 Å². The van der Waals surface area contributed by atoms with E-state index in [0.717, 1.165) is 0 Å². The van der Waals surface area contributed by atoms with Gasteiger partial charge in [-0.25, -0.2) is 4.79 Å². The summed E-state index contributed by atoms with van der Waals surface area (Å²) in [5, 5.41) is 0. The minimum Gasteiger partial charge on any atom is -0.497 e. The van der Waals surface area contributed by atoms with Gasteiger partial charge in [0.15, 0.2) is 11.5 Å². The smallest absolute Gasteiger partial charge is 0.338 e. The van der Waals surface area contributed by atoms with E-state index in [1.807, 2.05) is 0 Å². The summed E-state index contributed by atoms with van der Waals surface area (Å²) in [6.45, 7) is 0. The Hall–Kier alpha value is -3.88. The van der Waals surface area contributed by atoms with Crippen LogP contribution in [0.4, 0.5) is 0 Å². The van der Waals surface area contributed by atoms with E-state index in [4.69, 9.17) is 33.2 Å². The van der Waals surface area contributed by atoms with E-state index in [1.165, 1.54) is 42.7 Å². The summed E-state index contributed by atoms with van der Waals surface area (Å²) in [4.78, 5) is 25.8. The van der Waals surface area contributed by atoms with Gasteiger partial charge in [-0.2, -0.15) is 0 Å². The van der Waals surface area contributed by atoms with E-state index in [-0.39, 0.29) is 11.3 Å². The number of esters is 2. The SMILES string of the molecule is COC(=O)C1=C(c2ccc(OC)c(OC)c2)O[C@@H](c2ccc(OC)cc2OC)[C@@H]1C(=O)OC. The number of rotatable bonds is 8. The number of ether oxygens (including phenoxy) is 7. The molecule has 0 N–H and O–H groups in total. The van der Waals surface area contributed by atoms with Crippen LogP contribution < -0.4 is 18.9 Å². The number of benzene rings is 2. The van der Waals surface area contributed by atoms with Crippen molar-refractivity contribution < 1.29 is 42.7 Å². The van der Waals surface area contributed by atoms with Crippen molar-refractivity contribution >= 4 is 17.7 Å². The summed E-state index contributed by atoms with van der Waals surface area (Å²) < 4.78 is 37.7. The van der Waals surface area contributed by atoms with Crippen molar-refractivity contribution in [3.8, 4) is 23.0 Å². The molecule has 9 heteroatoms. The Labute approximate surface area is 191 Å². The van der Waals surface area contributed by atoms with E-state index in [1.54, 1.807) is 36.4 Å². The van der Waals surface area contributed by atoms with E-state index in [9.17, 15) is 9.59 Å². The van der Waals surface area contributed by atoms with Gasteiger partial charge in [0.05, 0.1) is 48.2 Å². The average molecular weight is 458 g/mol. The first-order valence-electron chi connectivity index (χ1n) is 9.95. The molecule has 0 fully saturated rings. The molecule has 0 aliphatic carbocycles. The molecule has 0 saturated carbocycles. The quantitative estimate of drug-likeness (QED) is 0.552.